The van der Waals surface area contributed by atoms with Crippen molar-refractivity contribution in [2.75, 3.05) is 6.54 Å². The molecular formula is C15H18N2O2S. The number of hydrogen-bond acceptors (Lipinski definition) is 4. The van der Waals surface area contributed by atoms with Crippen LogP contribution >= 0.6 is 11.3 Å². The Balaban J connectivity index is 1.80. The molecule has 0 spiro atoms. The first-order valence-electron chi connectivity index (χ1n) is 7.11. The zero-order valence-corrected chi connectivity index (χ0v) is 12.4. The summed E-state index contributed by atoms with van der Waals surface area (Å²) in [7, 11) is 0. The Morgan fingerprint density at radius 1 is 1.55 bits per heavy atom. The molecule has 1 saturated heterocycles. The van der Waals surface area contributed by atoms with Gasteiger partial charge in [0, 0.05) is 18.7 Å². The number of rotatable bonds is 3. The molecule has 5 heteroatoms. The fraction of sp³-hybridized carbons (Fsp3) is 0.467. The zero-order chi connectivity index (χ0) is 13.9. The van der Waals surface area contributed by atoms with Crippen molar-refractivity contribution in [1.29, 1.82) is 0 Å². The third kappa shape index (κ3) is 2.50. The van der Waals surface area contributed by atoms with E-state index in [0.717, 1.165) is 30.7 Å². The summed E-state index contributed by atoms with van der Waals surface area (Å²) in [5.74, 6) is 0.677. The highest BCUT2D eigenvalue weighted by Gasteiger charge is 2.28. The van der Waals surface area contributed by atoms with Gasteiger partial charge in [0.2, 0.25) is 0 Å². The van der Waals surface area contributed by atoms with E-state index >= 15 is 0 Å². The van der Waals surface area contributed by atoms with Crippen LogP contribution in [0.3, 0.4) is 0 Å². The third-order valence-electron chi connectivity index (χ3n) is 3.85. The molecule has 1 amide bonds. The van der Waals surface area contributed by atoms with Crippen LogP contribution in [0.1, 0.15) is 43.1 Å². The van der Waals surface area contributed by atoms with Gasteiger partial charge in [-0.25, -0.2) is 0 Å². The maximum absolute atomic E-state index is 12.6. The van der Waals surface area contributed by atoms with Crippen molar-refractivity contribution in [2.24, 2.45) is 0 Å². The van der Waals surface area contributed by atoms with Crippen LogP contribution in [0.5, 0.6) is 0 Å². The lowest BCUT2D eigenvalue weighted by Gasteiger charge is -2.34. The summed E-state index contributed by atoms with van der Waals surface area (Å²) in [4.78, 5) is 15.5. The monoisotopic (exact) mass is 290 g/mol. The summed E-state index contributed by atoms with van der Waals surface area (Å²) in [5, 5.41) is 5.94. The van der Waals surface area contributed by atoms with Crippen molar-refractivity contribution in [2.45, 2.75) is 38.6 Å². The maximum Gasteiger partial charge on any atom is 0.276 e. The number of hydrogen-bond donors (Lipinski definition) is 0. The van der Waals surface area contributed by atoms with Crippen LogP contribution < -0.4 is 0 Å². The molecule has 1 aliphatic rings. The predicted octanol–water partition coefficient (Wildman–Crippen LogP) is 3.81. The maximum atomic E-state index is 12.6. The molecular weight excluding hydrogens is 272 g/mol. The van der Waals surface area contributed by atoms with Gasteiger partial charge < -0.3 is 9.42 Å². The van der Waals surface area contributed by atoms with Crippen molar-refractivity contribution in [3.8, 4) is 10.6 Å². The van der Waals surface area contributed by atoms with Crippen LogP contribution in [-0.4, -0.2) is 28.6 Å². The van der Waals surface area contributed by atoms with E-state index in [4.69, 9.17) is 4.52 Å². The average Bonchev–Trinajstić information content (AvgIpc) is 3.16. The SMILES string of the molecule is CCC1CCCCN1C(=O)c1cc(-c2cccs2)on1. The number of piperidine rings is 1. The van der Waals surface area contributed by atoms with Crippen LogP contribution in [0.2, 0.25) is 0 Å². The zero-order valence-electron chi connectivity index (χ0n) is 11.5. The van der Waals surface area contributed by atoms with Crippen molar-refractivity contribution in [3.05, 3.63) is 29.3 Å². The molecule has 2 aromatic heterocycles. The molecule has 1 aliphatic heterocycles. The summed E-state index contributed by atoms with van der Waals surface area (Å²) in [6.07, 6.45) is 4.39. The lowest BCUT2D eigenvalue weighted by atomic mass is 9.99. The molecule has 0 N–H and O–H groups in total. The predicted molar refractivity (Wildman–Crippen MR) is 78.8 cm³/mol. The molecule has 0 radical (unpaired) electrons. The highest BCUT2D eigenvalue weighted by molar-refractivity contribution is 7.13. The largest absolute Gasteiger partial charge is 0.355 e. The molecule has 0 bridgehead atoms. The molecule has 4 nitrogen and oxygen atoms in total. The number of thiophene rings is 1. The highest BCUT2D eigenvalue weighted by Crippen LogP contribution is 2.27. The fourth-order valence-corrected chi connectivity index (χ4v) is 3.42. The van der Waals surface area contributed by atoms with Gasteiger partial charge >= 0.3 is 0 Å². The molecule has 0 aliphatic carbocycles. The Bertz CT molecular complexity index is 576. The van der Waals surface area contributed by atoms with Crippen molar-refractivity contribution < 1.29 is 9.32 Å². The topological polar surface area (TPSA) is 46.3 Å². The Morgan fingerprint density at radius 3 is 3.20 bits per heavy atom. The van der Waals surface area contributed by atoms with E-state index in [0.29, 0.717) is 17.5 Å². The van der Waals surface area contributed by atoms with Gasteiger partial charge in [0.05, 0.1) is 4.88 Å². The van der Waals surface area contributed by atoms with Crippen LogP contribution in [0.15, 0.2) is 28.1 Å². The van der Waals surface area contributed by atoms with Crippen molar-refractivity contribution in [1.82, 2.24) is 10.1 Å². The molecule has 20 heavy (non-hydrogen) atoms. The quantitative estimate of drug-likeness (QED) is 0.863. The standard InChI is InChI=1S/C15H18N2O2S/c1-2-11-6-3-4-8-17(11)15(18)12-10-13(19-16-12)14-7-5-9-20-14/h5,7,9-11H,2-4,6,8H2,1H3. The Labute approximate surface area is 122 Å². The van der Waals surface area contributed by atoms with E-state index < -0.39 is 0 Å². The highest BCUT2D eigenvalue weighted by atomic mass is 32.1. The molecule has 3 rings (SSSR count). The van der Waals surface area contributed by atoms with Gasteiger partial charge in [-0.2, -0.15) is 0 Å². The smallest absolute Gasteiger partial charge is 0.276 e. The van der Waals surface area contributed by atoms with Crippen LogP contribution in [-0.2, 0) is 0 Å². The number of likely N-dealkylation sites (tertiary alicyclic amines) is 1. The summed E-state index contributed by atoms with van der Waals surface area (Å²) in [5.41, 5.74) is 0.425. The third-order valence-corrected chi connectivity index (χ3v) is 4.74. The summed E-state index contributed by atoms with van der Waals surface area (Å²) in [6.45, 7) is 2.97. The van der Waals surface area contributed by atoms with Gasteiger partial charge in [0.15, 0.2) is 11.5 Å². The van der Waals surface area contributed by atoms with E-state index in [1.165, 1.54) is 6.42 Å². The number of amides is 1. The first-order valence-corrected chi connectivity index (χ1v) is 7.99. The molecule has 1 unspecified atom stereocenters. The molecule has 0 aromatic carbocycles. The molecule has 3 heterocycles. The van der Waals surface area contributed by atoms with Crippen molar-refractivity contribution in [3.63, 3.8) is 0 Å². The number of aromatic nitrogens is 1. The summed E-state index contributed by atoms with van der Waals surface area (Å²) >= 11 is 1.58. The molecule has 0 saturated carbocycles. The van der Waals surface area contributed by atoms with E-state index in [1.807, 2.05) is 22.4 Å². The van der Waals surface area contributed by atoms with Crippen LogP contribution in [0, 0.1) is 0 Å². The lowest BCUT2D eigenvalue weighted by Crippen LogP contribution is -2.43. The fourth-order valence-electron chi connectivity index (χ4n) is 2.75. The summed E-state index contributed by atoms with van der Waals surface area (Å²) in [6, 6.07) is 6.03. The van der Waals surface area contributed by atoms with E-state index in [2.05, 4.69) is 12.1 Å². The first kappa shape index (κ1) is 13.4. The van der Waals surface area contributed by atoms with E-state index in [-0.39, 0.29) is 5.91 Å². The van der Waals surface area contributed by atoms with Gasteiger partial charge in [0.1, 0.15) is 0 Å². The minimum Gasteiger partial charge on any atom is -0.355 e. The minimum atomic E-state index is 0.00288. The lowest BCUT2D eigenvalue weighted by molar-refractivity contribution is 0.0597. The normalized spacial score (nSPS) is 19.2. The molecule has 106 valence electrons. The van der Waals surface area contributed by atoms with Gasteiger partial charge in [-0.05, 0) is 37.1 Å². The molecule has 1 fully saturated rings. The number of nitrogens with zero attached hydrogens (tertiary/aromatic N) is 2. The Hall–Kier alpha value is -1.62. The van der Waals surface area contributed by atoms with Gasteiger partial charge in [-0.3, -0.25) is 4.79 Å². The number of carbonyl (C=O) groups is 1. The van der Waals surface area contributed by atoms with Crippen molar-refractivity contribution >= 4 is 17.2 Å². The molecule has 1 atom stereocenters. The number of carbonyl (C=O) groups excluding carboxylic acids is 1. The summed E-state index contributed by atoms with van der Waals surface area (Å²) < 4.78 is 5.30. The second kappa shape index (κ2) is 5.79. The molecule has 2 aromatic rings. The van der Waals surface area contributed by atoms with Gasteiger partial charge in [-0.15, -0.1) is 11.3 Å². The van der Waals surface area contributed by atoms with Gasteiger partial charge in [-0.1, -0.05) is 18.1 Å². The van der Waals surface area contributed by atoms with Crippen LogP contribution in [0.25, 0.3) is 10.6 Å². The second-order valence-corrected chi connectivity index (χ2v) is 6.06. The minimum absolute atomic E-state index is 0.00288. The second-order valence-electron chi connectivity index (χ2n) is 5.11. The van der Waals surface area contributed by atoms with E-state index in [9.17, 15) is 4.79 Å². The average molecular weight is 290 g/mol. The van der Waals surface area contributed by atoms with E-state index in [1.54, 1.807) is 17.4 Å². The van der Waals surface area contributed by atoms with Crippen LogP contribution in [0.4, 0.5) is 0 Å². The van der Waals surface area contributed by atoms with Gasteiger partial charge in [0.25, 0.3) is 5.91 Å². The Kier molecular flexibility index (Phi) is 3.87. The Morgan fingerprint density at radius 2 is 2.45 bits per heavy atom. The first-order chi connectivity index (χ1) is 9.79.